The normalized spacial score (nSPS) is 20.1. The van der Waals surface area contributed by atoms with E-state index in [0.717, 1.165) is 31.6 Å². The van der Waals surface area contributed by atoms with Crippen molar-refractivity contribution in [3.8, 4) is 0 Å². The van der Waals surface area contributed by atoms with E-state index in [0.29, 0.717) is 11.0 Å². The number of likely N-dealkylation sites (tertiary alicyclic amines) is 1. The highest BCUT2D eigenvalue weighted by Crippen LogP contribution is 2.29. The van der Waals surface area contributed by atoms with Crippen molar-refractivity contribution in [3.05, 3.63) is 22.7 Å². The summed E-state index contributed by atoms with van der Waals surface area (Å²) in [5.74, 6) is 1.15. The molecule has 1 unspecified atom stereocenters. The van der Waals surface area contributed by atoms with Gasteiger partial charge in [0, 0.05) is 24.4 Å². The Morgan fingerprint density at radius 1 is 1.40 bits per heavy atom. The molecule has 0 N–H and O–H groups in total. The molecule has 0 bridgehead atoms. The SMILES string of the molecule is Cc1nc(Cl)cc(C2CCCN(C(=O)C(C)(C)C)C2)n1. The van der Waals surface area contributed by atoms with Crippen molar-refractivity contribution in [2.75, 3.05) is 13.1 Å². The topological polar surface area (TPSA) is 46.1 Å². The van der Waals surface area contributed by atoms with Gasteiger partial charge in [-0.1, -0.05) is 32.4 Å². The van der Waals surface area contributed by atoms with Gasteiger partial charge in [-0.2, -0.15) is 0 Å². The molecule has 1 aliphatic heterocycles. The minimum atomic E-state index is -0.332. The number of hydrogen-bond donors (Lipinski definition) is 0. The molecule has 1 fully saturated rings. The van der Waals surface area contributed by atoms with Crippen LogP contribution >= 0.6 is 11.6 Å². The fourth-order valence-corrected chi connectivity index (χ4v) is 2.87. The van der Waals surface area contributed by atoms with Crippen molar-refractivity contribution in [1.82, 2.24) is 14.9 Å². The van der Waals surface area contributed by atoms with Gasteiger partial charge in [-0.25, -0.2) is 9.97 Å². The van der Waals surface area contributed by atoms with Crippen LogP contribution in [0.5, 0.6) is 0 Å². The summed E-state index contributed by atoms with van der Waals surface area (Å²) >= 11 is 6.01. The maximum Gasteiger partial charge on any atom is 0.227 e. The minimum Gasteiger partial charge on any atom is -0.342 e. The number of carbonyl (C=O) groups excluding carboxylic acids is 1. The Labute approximate surface area is 125 Å². The summed E-state index contributed by atoms with van der Waals surface area (Å²) in [6, 6.07) is 1.82. The number of aryl methyl sites for hydroxylation is 1. The van der Waals surface area contributed by atoms with Gasteiger partial charge in [0.15, 0.2) is 0 Å². The van der Waals surface area contributed by atoms with Gasteiger partial charge < -0.3 is 4.90 Å². The first-order chi connectivity index (χ1) is 9.27. The smallest absolute Gasteiger partial charge is 0.227 e. The fraction of sp³-hybridized carbons (Fsp3) is 0.667. The third kappa shape index (κ3) is 3.48. The van der Waals surface area contributed by atoms with Crippen LogP contribution in [-0.4, -0.2) is 33.9 Å². The Bertz CT molecular complexity index is 490. The van der Waals surface area contributed by atoms with Gasteiger partial charge in [-0.3, -0.25) is 4.79 Å². The van der Waals surface area contributed by atoms with Crippen molar-refractivity contribution in [1.29, 1.82) is 0 Å². The van der Waals surface area contributed by atoms with Gasteiger partial charge in [-0.15, -0.1) is 0 Å². The quantitative estimate of drug-likeness (QED) is 0.748. The number of nitrogens with zero attached hydrogens (tertiary/aromatic N) is 3. The van der Waals surface area contributed by atoms with Crippen LogP contribution in [0.2, 0.25) is 5.15 Å². The number of hydrogen-bond acceptors (Lipinski definition) is 3. The second-order valence-corrected chi connectivity index (χ2v) is 6.89. The molecule has 0 spiro atoms. The molecule has 1 amide bonds. The second kappa shape index (κ2) is 5.68. The van der Waals surface area contributed by atoms with E-state index < -0.39 is 0 Å². The number of halogens is 1. The average Bonchev–Trinajstić information content (AvgIpc) is 2.36. The number of piperidine rings is 1. The molecule has 0 aromatic carbocycles. The zero-order chi connectivity index (χ0) is 14.9. The summed E-state index contributed by atoms with van der Waals surface area (Å²) < 4.78 is 0. The van der Waals surface area contributed by atoms with Crippen LogP contribution in [-0.2, 0) is 4.79 Å². The molecular weight excluding hydrogens is 274 g/mol. The van der Waals surface area contributed by atoms with Gasteiger partial charge in [0.2, 0.25) is 5.91 Å². The summed E-state index contributed by atoms with van der Waals surface area (Å²) in [7, 11) is 0. The van der Waals surface area contributed by atoms with Crippen LogP contribution in [0.4, 0.5) is 0 Å². The highest BCUT2D eigenvalue weighted by Gasteiger charge is 2.32. The van der Waals surface area contributed by atoms with E-state index in [1.54, 1.807) is 0 Å². The van der Waals surface area contributed by atoms with Gasteiger partial charge in [0.25, 0.3) is 0 Å². The molecule has 0 radical (unpaired) electrons. The van der Waals surface area contributed by atoms with E-state index in [1.807, 2.05) is 38.7 Å². The number of amides is 1. The van der Waals surface area contributed by atoms with E-state index in [4.69, 9.17) is 11.6 Å². The van der Waals surface area contributed by atoms with E-state index in [2.05, 4.69) is 9.97 Å². The Morgan fingerprint density at radius 2 is 2.10 bits per heavy atom. The van der Waals surface area contributed by atoms with E-state index in [-0.39, 0.29) is 17.2 Å². The van der Waals surface area contributed by atoms with Crippen molar-refractivity contribution < 1.29 is 4.79 Å². The summed E-state index contributed by atoms with van der Waals surface area (Å²) in [5, 5.41) is 0.478. The van der Waals surface area contributed by atoms with Gasteiger partial charge in [0.1, 0.15) is 11.0 Å². The lowest BCUT2D eigenvalue weighted by Crippen LogP contribution is -2.44. The molecule has 0 aliphatic carbocycles. The number of rotatable bonds is 1. The zero-order valence-corrected chi connectivity index (χ0v) is 13.4. The molecule has 1 atom stereocenters. The third-order valence-electron chi connectivity index (χ3n) is 3.59. The maximum absolute atomic E-state index is 12.4. The lowest BCUT2D eigenvalue weighted by Gasteiger charge is -2.36. The molecular formula is C15H22ClN3O. The second-order valence-electron chi connectivity index (χ2n) is 6.50. The van der Waals surface area contributed by atoms with Gasteiger partial charge in [-0.05, 0) is 25.8 Å². The molecule has 1 aromatic rings. The summed E-state index contributed by atoms with van der Waals surface area (Å²) in [5.41, 5.74) is 0.620. The molecule has 1 aliphatic rings. The van der Waals surface area contributed by atoms with E-state index in [1.165, 1.54) is 0 Å². The molecule has 1 saturated heterocycles. The highest BCUT2D eigenvalue weighted by atomic mass is 35.5. The Hall–Kier alpha value is -1.16. The van der Waals surface area contributed by atoms with E-state index >= 15 is 0 Å². The minimum absolute atomic E-state index is 0.207. The van der Waals surface area contributed by atoms with Crippen LogP contribution in [0.15, 0.2) is 6.07 Å². The molecule has 110 valence electrons. The van der Waals surface area contributed by atoms with E-state index in [9.17, 15) is 4.79 Å². The lowest BCUT2D eigenvalue weighted by molar-refractivity contribution is -0.140. The van der Waals surface area contributed by atoms with Gasteiger partial charge in [0.05, 0.1) is 5.69 Å². The van der Waals surface area contributed by atoms with Crippen LogP contribution in [0.1, 0.15) is 51.0 Å². The maximum atomic E-state index is 12.4. The lowest BCUT2D eigenvalue weighted by atomic mass is 9.90. The van der Waals surface area contributed by atoms with Crippen molar-refractivity contribution >= 4 is 17.5 Å². The Morgan fingerprint density at radius 3 is 2.70 bits per heavy atom. The molecule has 2 heterocycles. The fourth-order valence-electron chi connectivity index (χ4n) is 2.64. The van der Waals surface area contributed by atoms with Crippen LogP contribution in [0, 0.1) is 12.3 Å². The molecule has 2 rings (SSSR count). The molecule has 0 saturated carbocycles. The van der Waals surface area contributed by atoms with Crippen LogP contribution in [0.3, 0.4) is 0 Å². The third-order valence-corrected chi connectivity index (χ3v) is 3.79. The molecule has 1 aromatic heterocycles. The Balaban J connectivity index is 2.16. The summed E-state index contributed by atoms with van der Waals surface area (Å²) in [6.07, 6.45) is 2.05. The first-order valence-electron chi connectivity index (χ1n) is 7.08. The zero-order valence-electron chi connectivity index (χ0n) is 12.6. The first-order valence-corrected chi connectivity index (χ1v) is 7.45. The largest absolute Gasteiger partial charge is 0.342 e. The van der Waals surface area contributed by atoms with Crippen LogP contribution < -0.4 is 0 Å². The number of aromatic nitrogens is 2. The predicted molar refractivity (Wildman–Crippen MR) is 79.8 cm³/mol. The van der Waals surface area contributed by atoms with Crippen molar-refractivity contribution in [2.45, 2.75) is 46.5 Å². The van der Waals surface area contributed by atoms with Crippen LogP contribution in [0.25, 0.3) is 0 Å². The standard InChI is InChI=1S/C15H22ClN3O/c1-10-17-12(8-13(16)18-10)11-6-5-7-19(9-11)14(20)15(2,3)4/h8,11H,5-7,9H2,1-4H3. The monoisotopic (exact) mass is 295 g/mol. The van der Waals surface area contributed by atoms with Gasteiger partial charge >= 0.3 is 0 Å². The Kier molecular flexibility index (Phi) is 4.33. The molecule has 5 heteroatoms. The number of carbonyl (C=O) groups is 1. The molecule has 20 heavy (non-hydrogen) atoms. The summed E-state index contributed by atoms with van der Waals surface area (Å²) in [6.45, 7) is 9.30. The summed E-state index contributed by atoms with van der Waals surface area (Å²) in [4.78, 5) is 22.9. The first kappa shape index (κ1) is 15.2. The average molecular weight is 296 g/mol. The highest BCUT2D eigenvalue weighted by molar-refractivity contribution is 6.29. The molecule has 4 nitrogen and oxygen atoms in total. The van der Waals surface area contributed by atoms with Crippen molar-refractivity contribution in [2.24, 2.45) is 5.41 Å². The predicted octanol–water partition coefficient (Wildman–Crippen LogP) is 3.19. The van der Waals surface area contributed by atoms with Crippen molar-refractivity contribution in [3.63, 3.8) is 0 Å².